The molecule has 1 fully saturated rings. The minimum atomic E-state index is -2.00. The molecule has 9 nitrogen and oxygen atoms in total. The summed E-state index contributed by atoms with van der Waals surface area (Å²) in [6, 6.07) is 7.93. The summed E-state index contributed by atoms with van der Waals surface area (Å²) < 4.78 is 24.2. The standard InChI is InChI=1S/C34H50N4O5Si/c1-22-29(23(2)42-38-22)30-28(20-39)32(35-25-14-16-40-17-15-25)37-31(36-30)24-12-11-13-26(18-24)41-21-27(19-33(3,4)5)43-44(9,10)34(6,7)8/h11-13,18,20,25,27H,14-17,19,21H2,1-10H3,(H,35,36,37). The van der Waals surface area contributed by atoms with E-state index in [0.717, 1.165) is 31.1 Å². The highest BCUT2D eigenvalue weighted by Crippen LogP contribution is 2.39. The highest BCUT2D eigenvalue weighted by Gasteiger charge is 2.40. The molecule has 1 aromatic carbocycles. The Hall–Kier alpha value is -3.08. The van der Waals surface area contributed by atoms with Crippen molar-refractivity contribution in [2.75, 3.05) is 25.1 Å². The van der Waals surface area contributed by atoms with E-state index in [1.807, 2.05) is 38.1 Å². The fourth-order valence-corrected chi connectivity index (χ4v) is 6.53. The van der Waals surface area contributed by atoms with Crippen molar-refractivity contribution in [2.45, 2.75) is 105 Å². The van der Waals surface area contributed by atoms with Gasteiger partial charge in [-0.3, -0.25) is 4.79 Å². The molecule has 1 saturated heterocycles. The molecule has 44 heavy (non-hydrogen) atoms. The van der Waals surface area contributed by atoms with Gasteiger partial charge in [-0.05, 0) is 68.8 Å². The van der Waals surface area contributed by atoms with Gasteiger partial charge in [0.05, 0.1) is 28.6 Å². The van der Waals surface area contributed by atoms with E-state index < -0.39 is 8.32 Å². The van der Waals surface area contributed by atoms with Gasteiger partial charge in [0.25, 0.3) is 0 Å². The Morgan fingerprint density at radius 3 is 2.39 bits per heavy atom. The van der Waals surface area contributed by atoms with E-state index in [1.165, 1.54) is 0 Å². The molecule has 0 radical (unpaired) electrons. The van der Waals surface area contributed by atoms with E-state index in [9.17, 15) is 4.79 Å². The number of hydrogen-bond donors (Lipinski definition) is 1. The van der Waals surface area contributed by atoms with Crippen molar-refractivity contribution >= 4 is 20.4 Å². The van der Waals surface area contributed by atoms with Crippen LogP contribution in [0.3, 0.4) is 0 Å². The first kappa shape index (κ1) is 33.8. The molecule has 1 atom stereocenters. The number of ether oxygens (including phenoxy) is 2. The molecule has 3 aromatic rings. The number of anilines is 1. The summed E-state index contributed by atoms with van der Waals surface area (Å²) in [7, 11) is -2.00. The predicted molar refractivity (Wildman–Crippen MR) is 177 cm³/mol. The zero-order chi connectivity index (χ0) is 32.3. The van der Waals surface area contributed by atoms with Gasteiger partial charge in [-0.25, -0.2) is 9.97 Å². The summed E-state index contributed by atoms with van der Waals surface area (Å²) >= 11 is 0. The lowest BCUT2D eigenvalue weighted by atomic mass is 9.89. The van der Waals surface area contributed by atoms with Gasteiger partial charge in [0.1, 0.15) is 23.9 Å². The summed E-state index contributed by atoms with van der Waals surface area (Å²) in [6.07, 6.45) is 3.31. The van der Waals surface area contributed by atoms with Crippen molar-refractivity contribution in [3.63, 3.8) is 0 Å². The molecular weight excluding hydrogens is 572 g/mol. The maximum Gasteiger partial charge on any atom is 0.192 e. The topological polar surface area (TPSA) is 109 Å². The number of carbonyl (C=O) groups is 1. The lowest BCUT2D eigenvalue weighted by molar-refractivity contribution is 0.0789. The van der Waals surface area contributed by atoms with Gasteiger partial charge < -0.3 is 23.7 Å². The van der Waals surface area contributed by atoms with Crippen LogP contribution in [0.5, 0.6) is 5.75 Å². The second-order valence-corrected chi connectivity index (χ2v) is 19.4. The Morgan fingerprint density at radius 1 is 1.09 bits per heavy atom. The number of nitrogens with zero attached hydrogens (tertiary/aromatic N) is 3. The zero-order valence-corrected chi connectivity index (χ0v) is 29.2. The molecule has 240 valence electrons. The highest BCUT2D eigenvalue weighted by atomic mass is 28.4. The Labute approximate surface area is 263 Å². The predicted octanol–water partition coefficient (Wildman–Crippen LogP) is 8.02. The third kappa shape index (κ3) is 8.34. The summed E-state index contributed by atoms with van der Waals surface area (Å²) in [6.45, 7) is 23.5. The Bertz CT molecular complexity index is 1410. The van der Waals surface area contributed by atoms with E-state index >= 15 is 0 Å². The third-order valence-electron chi connectivity index (χ3n) is 8.53. The fourth-order valence-electron chi connectivity index (χ4n) is 5.19. The van der Waals surface area contributed by atoms with Gasteiger partial charge >= 0.3 is 0 Å². The van der Waals surface area contributed by atoms with Crippen molar-refractivity contribution in [1.29, 1.82) is 0 Å². The minimum absolute atomic E-state index is 0.0379. The SMILES string of the molecule is Cc1noc(C)c1-c1nc(-c2cccc(OCC(CC(C)(C)C)O[Si](C)(C)C(C)(C)C)c2)nc(NC2CCOCC2)c1C=O. The van der Waals surface area contributed by atoms with Crippen LogP contribution in [-0.2, 0) is 9.16 Å². The van der Waals surface area contributed by atoms with E-state index in [4.69, 9.17) is 28.4 Å². The first-order chi connectivity index (χ1) is 20.6. The second kappa shape index (κ2) is 13.5. The average Bonchev–Trinajstić information content (AvgIpc) is 3.27. The Morgan fingerprint density at radius 2 is 1.80 bits per heavy atom. The quantitative estimate of drug-likeness (QED) is 0.168. The minimum Gasteiger partial charge on any atom is -0.491 e. The molecule has 0 spiro atoms. The lowest BCUT2D eigenvalue weighted by Crippen LogP contribution is -2.46. The highest BCUT2D eigenvalue weighted by molar-refractivity contribution is 6.74. The molecule has 1 N–H and O–H groups in total. The molecular formula is C34H50N4O5Si. The van der Waals surface area contributed by atoms with Crippen LogP contribution in [0.15, 0.2) is 28.8 Å². The number of aryl methyl sites for hydroxylation is 2. The fraction of sp³-hybridized carbons (Fsp3) is 0.588. The third-order valence-corrected chi connectivity index (χ3v) is 13.1. The number of rotatable bonds is 11. The monoisotopic (exact) mass is 622 g/mol. The smallest absolute Gasteiger partial charge is 0.192 e. The van der Waals surface area contributed by atoms with Crippen molar-refractivity contribution in [3.8, 4) is 28.4 Å². The average molecular weight is 623 g/mol. The van der Waals surface area contributed by atoms with Crippen LogP contribution >= 0.6 is 0 Å². The number of aromatic nitrogens is 3. The summed E-state index contributed by atoms with van der Waals surface area (Å²) in [5.74, 6) is 2.28. The van der Waals surface area contributed by atoms with E-state index in [0.29, 0.717) is 65.5 Å². The van der Waals surface area contributed by atoms with E-state index in [1.54, 1.807) is 0 Å². The van der Waals surface area contributed by atoms with Gasteiger partial charge in [0.15, 0.2) is 20.4 Å². The van der Waals surface area contributed by atoms with Crippen LogP contribution in [0, 0.1) is 19.3 Å². The molecule has 0 aliphatic carbocycles. The molecule has 1 unspecified atom stereocenters. The number of carbonyl (C=O) groups excluding carboxylic acids is 1. The van der Waals surface area contributed by atoms with Gasteiger partial charge in [-0.15, -0.1) is 0 Å². The molecule has 0 bridgehead atoms. The molecule has 0 amide bonds. The van der Waals surface area contributed by atoms with Crippen LogP contribution in [0.25, 0.3) is 22.6 Å². The number of nitrogens with one attached hydrogen (secondary N) is 1. The molecule has 3 heterocycles. The van der Waals surface area contributed by atoms with Crippen LogP contribution in [0.1, 0.15) is 82.6 Å². The zero-order valence-electron chi connectivity index (χ0n) is 28.2. The van der Waals surface area contributed by atoms with Crippen molar-refractivity contribution in [3.05, 3.63) is 41.3 Å². The van der Waals surface area contributed by atoms with Crippen LogP contribution in [-0.4, -0.2) is 61.7 Å². The van der Waals surface area contributed by atoms with Crippen LogP contribution < -0.4 is 10.1 Å². The molecule has 1 aliphatic rings. The van der Waals surface area contributed by atoms with Gasteiger partial charge in [-0.2, -0.15) is 0 Å². The normalized spacial score (nSPS) is 15.7. The number of hydrogen-bond acceptors (Lipinski definition) is 9. The van der Waals surface area contributed by atoms with Crippen molar-refractivity contribution < 1.29 is 23.2 Å². The first-order valence-electron chi connectivity index (χ1n) is 15.6. The van der Waals surface area contributed by atoms with E-state index in [-0.39, 0.29) is 22.6 Å². The Balaban J connectivity index is 1.68. The molecule has 10 heteroatoms. The Kier molecular flexibility index (Phi) is 10.4. The second-order valence-electron chi connectivity index (χ2n) is 14.6. The molecule has 2 aromatic heterocycles. The largest absolute Gasteiger partial charge is 0.491 e. The molecule has 4 rings (SSSR count). The summed E-state index contributed by atoms with van der Waals surface area (Å²) in [4.78, 5) is 22.3. The molecule has 0 saturated carbocycles. The summed E-state index contributed by atoms with van der Waals surface area (Å²) in [5.41, 5.74) is 3.11. The van der Waals surface area contributed by atoms with Crippen molar-refractivity contribution in [1.82, 2.24) is 15.1 Å². The van der Waals surface area contributed by atoms with Crippen LogP contribution in [0.2, 0.25) is 18.1 Å². The number of aldehydes is 1. The van der Waals surface area contributed by atoms with Gasteiger partial charge in [-0.1, -0.05) is 58.8 Å². The maximum absolute atomic E-state index is 12.5. The van der Waals surface area contributed by atoms with Crippen LogP contribution in [0.4, 0.5) is 5.82 Å². The summed E-state index contributed by atoms with van der Waals surface area (Å²) in [5, 5.41) is 7.72. The van der Waals surface area contributed by atoms with Crippen molar-refractivity contribution in [2.24, 2.45) is 5.41 Å². The first-order valence-corrected chi connectivity index (χ1v) is 18.5. The lowest BCUT2D eigenvalue weighted by Gasteiger charge is -2.40. The van der Waals surface area contributed by atoms with E-state index in [2.05, 4.69) is 65.1 Å². The van der Waals surface area contributed by atoms with Gasteiger partial charge in [0.2, 0.25) is 0 Å². The maximum atomic E-state index is 12.5. The molecule has 1 aliphatic heterocycles. The van der Waals surface area contributed by atoms with Gasteiger partial charge in [0, 0.05) is 24.8 Å². The number of benzene rings is 1.